The van der Waals surface area contributed by atoms with Gasteiger partial charge in [0.05, 0.1) is 12.9 Å². The van der Waals surface area contributed by atoms with Gasteiger partial charge in [0.25, 0.3) is 5.91 Å². The van der Waals surface area contributed by atoms with Gasteiger partial charge in [0.15, 0.2) is 11.9 Å². The number of aliphatic hydroxyl groups excluding tert-OH is 1. The molecule has 230 valence electrons. The summed E-state index contributed by atoms with van der Waals surface area (Å²) in [4.78, 5) is 67.3. The van der Waals surface area contributed by atoms with Gasteiger partial charge in [-0.15, -0.1) is 0 Å². The van der Waals surface area contributed by atoms with Gasteiger partial charge in [-0.3, -0.25) is 19.2 Å². The molecule has 42 heavy (non-hydrogen) atoms. The zero-order valence-corrected chi connectivity index (χ0v) is 24.0. The summed E-state index contributed by atoms with van der Waals surface area (Å²) in [6.07, 6.45) is -2.05. The summed E-state index contributed by atoms with van der Waals surface area (Å²) in [6, 6.07) is 1.52. The number of nitrogen functional groups attached to an aromatic ring is 1. The molecule has 0 aromatic carbocycles. The highest BCUT2D eigenvalue weighted by Gasteiger charge is 2.48. The van der Waals surface area contributed by atoms with Gasteiger partial charge < -0.3 is 44.9 Å². The van der Waals surface area contributed by atoms with Crippen molar-refractivity contribution in [1.29, 1.82) is 0 Å². The summed E-state index contributed by atoms with van der Waals surface area (Å²) in [6.45, 7) is -1.70. The molecule has 0 bridgehead atoms. The van der Waals surface area contributed by atoms with Crippen LogP contribution < -0.4 is 11.1 Å². The minimum Gasteiger partial charge on any atom is -0.387 e. The number of nitrogens with two attached hydrogens (primary N) is 1. The first kappa shape index (κ1) is 32.3. The quantitative estimate of drug-likeness (QED) is 0.0885. The topological polar surface area (TPSA) is 326 Å². The maximum atomic E-state index is 12.4. The lowest BCUT2D eigenvalue weighted by molar-refractivity contribution is -0.127. The van der Waals surface area contributed by atoms with Crippen LogP contribution in [0.15, 0.2) is 24.8 Å². The van der Waals surface area contributed by atoms with Crippen molar-refractivity contribution in [1.82, 2.24) is 29.5 Å². The van der Waals surface area contributed by atoms with Crippen molar-refractivity contribution in [3.05, 3.63) is 29.4 Å². The number of H-pyrrole nitrogens is 1. The Labute approximate surface area is 238 Å². The second kappa shape index (κ2) is 12.6. The molecule has 9 N–H and O–H groups in total. The molecule has 1 amide bonds. The predicted octanol–water partition coefficient (Wildman–Crippen LogP) is -0.513. The Hall–Kier alpha value is -2.59. The van der Waals surface area contributed by atoms with Crippen molar-refractivity contribution in [2.45, 2.75) is 24.5 Å². The molecular weight excluding hydrogens is 653 g/mol. The molecule has 1 fully saturated rings. The first-order valence-corrected chi connectivity index (χ1v) is 16.0. The number of fused-ring (bicyclic) bond motifs is 1. The first-order valence-electron chi connectivity index (χ1n) is 11.1. The number of aromatic amines is 1. The van der Waals surface area contributed by atoms with E-state index >= 15 is 0 Å². The normalized spacial score (nSPS) is 23.8. The number of amides is 1. The van der Waals surface area contributed by atoms with Gasteiger partial charge in [0.2, 0.25) is 11.9 Å². The lowest BCUT2D eigenvalue weighted by atomic mass is 10.1. The number of phosphoric acid groups is 3. The van der Waals surface area contributed by atoms with E-state index in [9.17, 15) is 33.4 Å². The zero-order chi connectivity index (χ0) is 30.9. The highest BCUT2D eigenvalue weighted by atomic mass is 32.1. The number of rotatable bonds is 12. The minimum atomic E-state index is -5.79. The highest BCUT2D eigenvalue weighted by Crippen LogP contribution is 2.66. The van der Waals surface area contributed by atoms with Crippen molar-refractivity contribution < 1.29 is 65.8 Å². The van der Waals surface area contributed by atoms with Crippen LogP contribution in [0.5, 0.6) is 0 Å². The van der Waals surface area contributed by atoms with Crippen LogP contribution in [-0.2, 0) is 41.1 Å². The number of hydrogen-bond acceptors (Lipinski definition) is 16. The fraction of sp³-hybridized carbons (Fsp3) is 0.375. The monoisotopic (exact) mass is 674 g/mol. The van der Waals surface area contributed by atoms with E-state index in [2.05, 4.69) is 43.4 Å². The number of nitrogens with one attached hydrogen (secondary N) is 2. The van der Waals surface area contributed by atoms with Gasteiger partial charge >= 0.3 is 23.5 Å². The second-order valence-corrected chi connectivity index (χ2v) is 12.9. The molecule has 1 aliphatic heterocycles. The van der Waals surface area contributed by atoms with Crippen molar-refractivity contribution in [2.24, 2.45) is 0 Å². The van der Waals surface area contributed by atoms with Crippen LogP contribution in [0.2, 0.25) is 0 Å². The summed E-state index contributed by atoms with van der Waals surface area (Å²) in [5.74, 6) is -0.866. The van der Waals surface area contributed by atoms with Crippen LogP contribution >= 0.6 is 35.7 Å². The van der Waals surface area contributed by atoms with Gasteiger partial charge in [-0.25, -0.2) is 28.6 Å². The summed E-state index contributed by atoms with van der Waals surface area (Å²) in [7, 11) is -17.0. The van der Waals surface area contributed by atoms with E-state index in [0.717, 1.165) is 0 Å². The van der Waals surface area contributed by atoms with Crippen molar-refractivity contribution in [2.75, 3.05) is 24.3 Å². The van der Waals surface area contributed by atoms with E-state index in [-0.39, 0.29) is 27.7 Å². The average Bonchev–Trinajstić information content (AvgIpc) is 3.40. The summed E-state index contributed by atoms with van der Waals surface area (Å²) >= 11 is 5.18. The number of phosphoric ester groups is 1. The van der Waals surface area contributed by atoms with Gasteiger partial charge in [-0.05, 0) is 6.07 Å². The number of nitrogens with zero attached hydrogens (tertiary/aromatic N) is 5. The highest BCUT2D eigenvalue weighted by molar-refractivity contribution is 7.71. The lowest BCUT2D eigenvalue weighted by Gasteiger charge is -2.21. The van der Waals surface area contributed by atoms with Gasteiger partial charge in [0.1, 0.15) is 35.1 Å². The molecule has 0 aliphatic carbocycles. The standard InChI is InChI=1S/C16H21N8O14P3S/c17-15-22-12-9(13(42)23-15)20-6-24(12)14-11(34-5-8(25)21-16-18-2-1-3-19-16)10(26)7(36-14)4-35-40(30,31)38-41(32,33)37-39(27,28)29/h1-3,6-7,10-11,14,26H,4-5H2,(H,30,31)(H,32,33)(H2,27,28,29)(H3,17,22,23,42)(H,18,19,21,25)/t7-,10+,11?,14-/m1/s1. The maximum absolute atomic E-state index is 12.4. The van der Waals surface area contributed by atoms with Crippen LogP contribution in [0.25, 0.3) is 11.2 Å². The molecule has 0 saturated carbocycles. The summed E-state index contributed by atoms with van der Waals surface area (Å²) < 4.78 is 59.2. The third-order valence-electron chi connectivity index (χ3n) is 5.08. The molecule has 3 aromatic heterocycles. The Bertz CT molecular complexity index is 1650. The van der Waals surface area contributed by atoms with E-state index in [1.165, 1.54) is 29.4 Å². The molecule has 3 aromatic rings. The Morgan fingerprint density at radius 2 is 1.83 bits per heavy atom. The average molecular weight is 674 g/mol. The molecule has 4 rings (SSSR count). The minimum absolute atomic E-state index is 0.0331. The first-order chi connectivity index (χ1) is 19.5. The third-order valence-corrected chi connectivity index (χ3v) is 9.18. The SMILES string of the molecule is Nc1nc2c(ncn2[C@@H]2O[C@H](COP(=O)(O)OP(=O)(O)OP(=O)(O)O)[C@H](O)C2OCC(=O)Nc2ncccn2)c(=S)[nH]1. The zero-order valence-electron chi connectivity index (χ0n) is 20.5. The van der Waals surface area contributed by atoms with Crippen molar-refractivity contribution >= 4 is 64.7 Å². The molecule has 22 nitrogen and oxygen atoms in total. The fourth-order valence-electron chi connectivity index (χ4n) is 3.56. The van der Waals surface area contributed by atoms with Gasteiger partial charge in [0, 0.05) is 12.4 Å². The van der Waals surface area contributed by atoms with E-state index in [1.54, 1.807) is 0 Å². The van der Waals surface area contributed by atoms with Crippen LogP contribution in [-0.4, -0.2) is 91.6 Å². The number of aliphatic hydroxyl groups is 1. The fourth-order valence-corrected chi connectivity index (χ4v) is 6.83. The van der Waals surface area contributed by atoms with Gasteiger partial charge in [-0.1, -0.05) is 12.2 Å². The number of hydrogen-bond donors (Lipinski definition) is 8. The molecule has 1 saturated heterocycles. The number of carbonyl (C=O) groups excluding carboxylic acids is 1. The largest absolute Gasteiger partial charge is 0.490 e. The Balaban J connectivity index is 1.53. The Kier molecular flexibility index (Phi) is 9.67. The molecule has 4 heterocycles. The van der Waals surface area contributed by atoms with E-state index in [1.807, 2.05) is 0 Å². The molecule has 3 unspecified atom stereocenters. The second-order valence-electron chi connectivity index (χ2n) is 8.11. The maximum Gasteiger partial charge on any atom is 0.490 e. The van der Waals surface area contributed by atoms with Crippen LogP contribution in [0.1, 0.15) is 6.23 Å². The van der Waals surface area contributed by atoms with Crippen LogP contribution in [0.4, 0.5) is 11.9 Å². The molecule has 0 spiro atoms. The van der Waals surface area contributed by atoms with Crippen molar-refractivity contribution in [3.8, 4) is 0 Å². The molecule has 6 atom stereocenters. The number of imidazole rings is 1. The smallest absolute Gasteiger partial charge is 0.387 e. The molecule has 0 radical (unpaired) electrons. The lowest BCUT2D eigenvalue weighted by Crippen LogP contribution is -2.37. The van der Waals surface area contributed by atoms with Gasteiger partial charge in [-0.2, -0.15) is 13.6 Å². The summed E-state index contributed by atoms with van der Waals surface area (Å²) in [5.41, 5.74) is 5.98. The molecular formula is C16H21N8O14P3S. The predicted molar refractivity (Wildman–Crippen MR) is 137 cm³/mol. The molecule has 26 heteroatoms. The number of ether oxygens (including phenoxy) is 2. The third kappa shape index (κ3) is 8.28. The Morgan fingerprint density at radius 3 is 2.50 bits per heavy atom. The summed E-state index contributed by atoms with van der Waals surface area (Å²) in [5, 5.41) is 13.3. The Morgan fingerprint density at radius 1 is 1.14 bits per heavy atom. The van der Waals surface area contributed by atoms with Crippen LogP contribution in [0.3, 0.4) is 0 Å². The van der Waals surface area contributed by atoms with E-state index < -0.39 is 67.1 Å². The van der Waals surface area contributed by atoms with Crippen molar-refractivity contribution in [3.63, 3.8) is 0 Å². The number of carbonyl (C=O) groups is 1. The molecule has 1 aliphatic rings. The number of aromatic nitrogens is 6. The van der Waals surface area contributed by atoms with E-state index in [0.29, 0.717) is 0 Å². The van der Waals surface area contributed by atoms with E-state index in [4.69, 9.17) is 37.2 Å². The van der Waals surface area contributed by atoms with Crippen LogP contribution in [0, 0.1) is 4.64 Å². The number of anilines is 2.